The van der Waals surface area contributed by atoms with Crippen LogP contribution in [-0.2, 0) is 23.9 Å². The van der Waals surface area contributed by atoms with Gasteiger partial charge in [-0.3, -0.25) is 14.4 Å². The lowest BCUT2D eigenvalue weighted by Crippen LogP contribution is -2.38. The summed E-state index contributed by atoms with van der Waals surface area (Å²) in [5.74, 6) is -3.52. The minimum atomic E-state index is -1.40. The topological polar surface area (TPSA) is 69.7 Å². The summed E-state index contributed by atoms with van der Waals surface area (Å²) in [4.78, 5) is 36.3. The van der Waals surface area contributed by atoms with Crippen LogP contribution in [0.1, 0.15) is 52.4 Å². The fourth-order valence-corrected chi connectivity index (χ4v) is 2.58. The Labute approximate surface area is 120 Å². The van der Waals surface area contributed by atoms with Crippen LogP contribution in [0.15, 0.2) is 0 Å². The van der Waals surface area contributed by atoms with Gasteiger partial charge < -0.3 is 9.47 Å². The first-order valence-corrected chi connectivity index (χ1v) is 7.48. The van der Waals surface area contributed by atoms with Crippen molar-refractivity contribution in [2.24, 2.45) is 11.8 Å². The molecule has 0 aromatic rings. The van der Waals surface area contributed by atoms with Gasteiger partial charge >= 0.3 is 11.9 Å². The van der Waals surface area contributed by atoms with Crippen LogP contribution in [0, 0.1) is 11.8 Å². The van der Waals surface area contributed by atoms with E-state index in [1.807, 2.05) is 0 Å². The fourth-order valence-electron chi connectivity index (χ4n) is 2.58. The van der Waals surface area contributed by atoms with Crippen molar-refractivity contribution in [3.8, 4) is 0 Å². The minimum absolute atomic E-state index is 0.146. The summed E-state index contributed by atoms with van der Waals surface area (Å²) in [5, 5.41) is 0. The second-order valence-electron chi connectivity index (χ2n) is 5.03. The Bertz CT molecular complexity index is 324. The van der Waals surface area contributed by atoms with Crippen molar-refractivity contribution in [1.29, 1.82) is 0 Å². The monoisotopic (exact) mass is 284 g/mol. The molecular formula is C15H24O5. The second-order valence-corrected chi connectivity index (χ2v) is 5.03. The van der Waals surface area contributed by atoms with Crippen LogP contribution in [0.5, 0.6) is 0 Å². The van der Waals surface area contributed by atoms with E-state index in [2.05, 4.69) is 0 Å². The SMILES string of the molecule is CCOC(=O)C(C(=O)OCC)C(=O)C1CCCCCC1. The Balaban J connectivity index is 2.81. The van der Waals surface area contributed by atoms with Crippen molar-refractivity contribution >= 4 is 17.7 Å². The van der Waals surface area contributed by atoms with Crippen LogP contribution >= 0.6 is 0 Å². The number of carbonyl (C=O) groups is 3. The number of esters is 2. The van der Waals surface area contributed by atoms with Crippen molar-refractivity contribution in [3.63, 3.8) is 0 Å². The molecule has 20 heavy (non-hydrogen) atoms. The van der Waals surface area contributed by atoms with Gasteiger partial charge in [0.05, 0.1) is 13.2 Å². The molecular weight excluding hydrogens is 260 g/mol. The highest BCUT2D eigenvalue weighted by molar-refractivity contribution is 6.15. The van der Waals surface area contributed by atoms with Crippen molar-refractivity contribution in [1.82, 2.24) is 0 Å². The average Bonchev–Trinajstić information content (AvgIpc) is 2.68. The number of carbonyl (C=O) groups excluding carboxylic acids is 3. The molecule has 0 heterocycles. The summed E-state index contributed by atoms with van der Waals surface area (Å²) in [6, 6.07) is 0. The molecule has 0 aromatic heterocycles. The van der Waals surface area contributed by atoms with Crippen LogP contribution in [0.2, 0.25) is 0 Å². The zero-order valence-electron chi connectivity index (χ0n) is 12.4. The third kappa shape index (κ3) is 4.62. The fraction of sp³-hybridized carbons (Fsp3) is 0.800. The van der Waals surface area contributed by atoms with Crippen LogP contribution < -0.4 is 0 Å². The summed E-state index contributed by atoms with van der Waals surface area (Å²) in [6.07, 6.45) is 5.63. The van der Waals surface area contributed by atoms with E-state index < -0.39 is 17.9 Å². The predicted octanol–water partition coefficient (Wildman–Crippen LogP) is 2.27. The van der Waals surface area contributed by atoms with Gasteiger partial charge in [0.25, 0.3) is 0 Å². The van der Waals surface area contributed by atoms with Crippen molar-refractivity contribution in [3.05, 3.63) is 0 Å². The number of ether oxygens (including phenoxy) is 2. The molecule has 1 aliphatic rings. The molecule has 0 atom stereocenters. The third-order valence-electron chi connectivity index (χ3n) is 3.59. The number of ketones is 1. The molecule has 5 heteroatoms. The van der Waals surface area contributed by atoms with Gasteiger partial charge in [0, 0.05) is 5.92 Å². The Morgan fingerprint density at radius 2 is 1.35 bits per heavy atom. The maximum atomic E-state index is 12.5. The van der Waals surface area contributed by atoms with Gasteiger partial charge in [-0.2, -0.15) is 0 Å². The quantitative estimate of drug-likeness (QED) is 0.425. The summed E-state index contributed by atoms with van der Waals surface area (Å²) in [5.41, 5.74) is 0. The van der Waals surface area contributed by atoms with Crippen molar-refractivity contribution < 1.29 is 23.9 Å². The first kappa shape index (κ1) is 16.7. The molecule has 0 bridgehead atoms. The van der Waals surface area contributed by atoms with E-state index in [1.54, 1.807) is 13.8 Å². The Morgan fingerprint density at radius 3 is 1.75 bits per heavy atom. The summed E-state index contributed by atoms with van der Waals surface area (Å²) < 4.78 is 9.71. The van der Waals surface area contributed by atoms with Crippen molar-refractivity contribution in [2.45, 2.75) is 52.4 Å². The molecule has 1 saturated carbocycles. The molecule has 0 amide bonds. The molecule has 0 aromatic carbocycles. The molecule has 0 saturated heterocycles. The van der Waals surface area contributed by atoms with E-state index in [9.17, 15) is 14.4 Å². The Kier molecular flexibility index (Phi) is 7.26. The van der Waals surface area contributed by atoms with E-state index in [1.165, 1.54) is 0 Å². The van der Waals surface area contributed by atoms with Gasteiger partial charge in [0.2, 0.25) is 5.92 Å². The molecule has 1 aliphatic carbocycles. The third-order valence-corrected chi connectivity index (χ3v) is 3.59. The van der Waals surface area contributed by atoms with Crippen LogP contribution in [0.4, 0.5) is 0 Å². The lowest BCUT2D eigenvalue weighted by Gasteiger charge is -2.19. The van der Waals surface area contributed by atoms with E-state index in [-0.39, 0.29) is 24.9 Å². The normalized spacial score (nSPS) is 16.6. The molecule has 1 fully saturated rings. The molecule has 0 aliphatic heterocycles. The number of rotatable bonds is 6. The number of hydrogen-bond acceptors (Lipinski definition) is 5. The predicted molar refractivity (Wildman–Crippen MR) is 73.0 cm³/mol. The molecule has 5 nitrogen and oxygen atoms in total. The van der Waals surface area contributed by atoms with Crippen LogP contribution in [0.25, 0.3) is 0 Å². The maximum absolute atomic E-state index is 12.5. The van der Waals surface area contributed by atoms with E-state index >= 15 is 0 Å². The van der Waals surface area contributed by atoms with Gasteiger partial charge in [-0.15, -0.1) is 0 Å². The average molecular weight is 284 g/mol. The molecule has 114 valence electrons. The van der Waals surface area contributed by atoms with E-state index in [0.717, 1.165) is 38.5 Å². The molecule has 0 N–H and O–H groups in total. The maximum Gasteiger partial charge on any atom is 0.328 e. The number of Topliss-reactive ketones (excluding diaryl/α,β-unsaturated/α-hetero) is 1. The largest absolute Gasteiger partial charge is 0.465 e. The first-order valence-electron chi connectivity index (χ1n) is 7.48. The summed E-state index contributed by atoms with van der Waals surface area (Å²) >= 11 is 0. The zero-order valence-corrected chi connectivity index (χ0v) is 12.4. The van der Waals surface area contributed by atoms with E-state index in [0.29, 0.717) is 0 Å². The smallest absolute Gasteiger partial charge is 0.328 e. The van der Waals surface area contributed by atoms with Gasteiger partial charge in [-0.1, -0.05) is 25.7 Å². The van der Waals surface area contributed by atoms with Crippen LogP contribution in [-0.4, -0.2) is 30.9 Å². The second kappa shape index (κ2) is 8.72. The van der Waals surface area contributed by atoms with E-state index in [4.69, 9.17) is 9.47 Å². The number of hydrogen-bond donors (Lipinski definition) is 0. The minimum Gasteiger partial charge on any atom is -0.465 e. The standard InChI is InChI=1S/C15H24O5/c1-3-19-14(17)12(15(18)20-4-2)13(16)11-9-7-5-6-8-10-11/h11-12H,3-10H2,1-2H3. The lowest BCUT2D eigenvalue weighted by molar-refractivity contribution is -0.165. The zero-order chi connectivity index (χ0) is 15.0. The highest BCUT2D eigenvalue weighted by Crippen LogP contribution is 2.26. The van der Waals surface area contributed by atoms with Gasteiger partial charge in [-0.25, -0.2) is 0 Å². The van der Waals surface area contributed by atoms with Crippen molar-refractivity contribution in [2.75, 3.05) is 13.2 Å². The highest BCUT2D eigenvalue weighted by atomic mass is 16.6. The highest BCUT2D eigenvalue weighted by Gasteiger charge is 2.40. The van der Waals surface area contributed by atoms with Gasteiger partial charge in [-0.05, 0) is 26.7 Å². The molecule has 0 radical (unpaired) electrons. The van der Waals surface area contributed by atoms with Crippen LogP contribution in [0.3, 0.4) is 0 Å². The molecule has 1 rings (SSSR count). The Morgan fingerprint density at radius 1 is 0.900 bits per heavy atom. The summed E-state index contributed by atoms with van der Waals surface area (Å²) in [7, 11) is 0. The molecule has 0 unspecified atom stereocenters. The summed E-state index contributed by atoms with van der Waals surface area (Å²) in [6.45, 7) is 3.59. The first-order chi connectivity index (χ1) is 9.61. The Hall–Kier alpha value is -1.39. The van der Waals surface area contributed by atoms with Gasteiger partial charge in [0.1, 0.15) is 0 Å². The lowest BCUT2D eigenvalue weighted by atomic mass is 9.87. The van der Waals surface area contributed by atoms with Gasteiger partial charge in [0.15, 0.2) is 5.78 Å². The molecule has 0 spiro atoms.